The summed E-state index contributed by atoms with van der Waals surface area (Å²) >= 11 is 1.62. The molecule has 0 bridgehead atoms. The van der Waals surface area contributed by atoms with E-state index in [-0.39, 0.29) is 5.91 Å². The number of thioether (sulfide) groups is 1. The fourth-order valence-electron chi connectivity index (χ4n) is 2.88. The number of nitrogens with zero attached hydrogens (tertiary/aromatic N) is 2. The molecule has 1 atom stereocenters. The normalized spacial score (nSPS) is 18.2. The Hall–Kier alpha value is -1.53. The van der Waals surface area contributed by atoms with Crippen LogP contribution in [0.15, 0.2) is 24.5 Å². The van der Waals surface area contributed by atoms with E-state index < -0.39 is 0 Å². The molecule has 3 heterocycles. The Bertz CT molecular complexity index is 664. The number of piperidine rings is 1. The lowest BCUT2D eigenvalue weighted by molar-refractivity contribution is -0.118. The van der Waals surface area contributed by atoms with Gasteiger partial charge in [-0.1, -0.05) is 6.07 Å². The number of pyridine rings is 1. The SMILES string of the molecule is Cc1ccc2nc(CSCC(=O)NCC3CCCNC3)cn2c1. The van der Waals surface area contributed by atoms with Gasteiger partial charge in [-0.2, -0.15) is 0 Å². The van der Waals surface area contributed by atoms with Crippen LogP contribution in [0, 0.1) is 12.8 Å². The summed E-state index contributed by atoms with van der Waals surface area (Å²) in [5.41, 5.74) is 3.19. The molecule has 1 saturated heterocycles. The Morgan fingerprint density at radius 1 is 1.48 bits per heavy atom. The van der Waals surface area contributed by atoms with E-state index in [1.54, 1.807) is 11.8 Å². The topological polar surface area (TPSA) is 58.4 Å². The van der Waals surface area contributed by atoms with Crippen molar-refractivity contribution in [2.75, 3.05) is 25.4 Å². The van der Waals surface area contributed by atoms with Gasteiger partial charge in [0.15, 0.2) is 0 Å². The summed E-state index contributed by atoms with van der Waals surface area (Å²) in [6, 6.07) is 4.08. The standard InChI is InChI=1S/C17H24N4OS/c1-13-4-5-16-20-15(10-21(16)9-13)11-23-12-17(22)19-8-14-3-2-6-18-7-14/h4-5,9-10,14,18H,2-3,6-8,11-12H2,1H3,(H,19,22). The zero-order valence-corrected chi connectivity index (χ0v) is 14.4. The zero-order chi connectivity index (χ0) is 16.1. The van der Waals surface area contributed by atoms with Gasteiger partial charge in [0.1, 0.15) is 5.65 Å². The highest BCUT2D eigenvalue weighted by molar-refractivity contribution is 7.99. The fraction of sp³-hybridized carbons (Fsp3) is 0.529. The number of carbonyl (C=O) groups excluding carboxylic acids is 1. The van der Waals surface area contributed by atoms with Crippen molar-refractivity contribution in [1.29, 1.82) is 0 Å². The van der Waals surface area contributed by atoms with Gasteiger partial charge in [0.2, 0.25) is 5.91 Å². The number of carbonyl (C=O) groups is 1. The Labute approximate surface area is 141 Å². The first kappa shape index (κ1) is 16.3. The summed E-state index contributed by atoms with van der Waals surface area (Å²) in [6.45, 7) is 4.99. The highest BCUT2D eigenvalue weighted by Crippen LogP contribution is 2.14. The molecule has 0 spiro atoms. The van der Waals surface area contributed by atoms with Crippen molar-refractivity contribution in [1.82, 2.24) is 20.0 Å². The van der Waals surface area contributed by atoms with Crippen LogP contribution in [0.1, 0.15) is 24.1 Å². The zero-order valence-electron chi connectivity index (χ0n) is 13.5. The molecule has 1 fully saturated rings. The first-order chi connectivity index (χ1) is 11.2. The van der Waals surface area contributed by atoms with Crippen LogP contribution >= 0.6 is 11.8 Å². The van der Waals surface area contributed by atoms with Crippen molar-refractivity contribution in [3.8, 4) is 0 Å². The molecule has 1 aliphatic rings. The summed E-state index contributed by atoms with van der Waals surface area (Å²) in [6.07, 6.45) is 6.53. The Kier molecular flexibility index (Phi) is 5.56. The molecule has 0 saturated carbocycles. The number of nitrogens with one attached hydrogen (secondary N) is 2. The third-order valence-electron chi connectivity index (χ3n) is 4.12. The molecule has 1 amide bonds. The van der Waals surface area contributed by atoms with Crippen LogP contribution in [-0.2, 0) is 10.5 Å². The number of aryl methyl sites for hydroxylation is 1. The van der Waals surface area contributed by atoms with Crippen molar-refractivity contribution in [2.24, 2.45) is 5.92 Å². The minimum Gasteiger partial charge on any atom is -0.355 e. The molecule has 2 aromatic heterocycles. The van der Waals surface area contributed by atoms with Gasteiger partial charge in [-0.15, -0.1) is 11.8 Å². The highest BCUT2D eigenvalue weighted by Gasteiger charge is 2.13. The summed E-state index contributed by atoms with van der Waals surface area (Å²) < 4.78 is 2.04. The van der Waals surface area contributed by atoms with Gasteiger partial charge >= 0.3 is 0 Å². The van der Waals surface area contributed by atoms with Crippen LogP contribution in [0.5, 0.6) is 0 Å². The number of imidazole rings is 1. The van der Waals surface area contributed by atoms with Crippen LogP contribution in [0.25, 0.3) is 5.65 Å². The molecule has 2 N–H and O–H groups in total. The van der Waals surface area contributed by atoms with E-state index in [0.717, 1.165) is 36.7 Å². The van der Waals surface area contributed by atoms with E-state index in [4.69, 9.17) is 0 Å². The van der Waals surface area contributed by atoms with Crippen LogP contribution in [-0.4, -0.2) is 40.7 Å². The molecular formula is C17H24N4OS. The molecule has 0 aromatic carbocycles. The van der Waals surface area contributed by atoms with Gasteiger partial charge in [0, 0.05) is 24.7 Å². The number of aromatic nitrogens is 2. The minimum atomic E-state index is 0.125. The minimum absolute atomic E-state index is 0.125. The van der Waals surface area contributed by atoms with Crippen molar-refractivity contribution < 1.29 is 4.79 Å². The van der Waals surface area contributed by atoms with Gasteiger partial charge in [-0.25, -0.2) is 4.98 Å². The van der Waals surface area contributed by atoms with Crippen LogP contribution in [0.3, 0.4) is 0 Å². The molecular weight excluding hydrogens is 308 g/mol. The molecule has 1 unspecified atom stereocenters. The van der Waals surface area contributed by atoms with Gasteiger partial charge in [-0.3, -0.25) is 4.79 Å². The molecule has 0 radical (unpaired) electrons. The number of rotatable bonds is 6. The predicted molar refractivity (Wildman–Crippen MR) is 94.7 cm³/mol. The molecule has 1 aliphatic heterocycles. The first-order valence-electron chi connectivity index (χ1n) is 8.20. The summed E-state index contributed by atoms with van der Waals surface area (Å²) in [4.78, 5) is 16.5. The molecule has 124 valence electrons. The maximum Gasteiger partial charge on any atom is 0.230 e. The second kappa shape index (κ2) is 7.84. The maximum absolute atomic E-state index is 11.9. The quantitative estimate of drug-likeness (QED) is 0.849. The molecule has 2 aromatic rings. The summed E-state index contributed by atoms with van der Waals surface area (Å²) in [7, 11) is 0. The maximum atomic E-state index is 11.9. The second-order valence-electron chi connectivity index (χ2n) is 6.21. The fourth-order valence-corrected chi connectivity index (χ4v) is 3.62. The predicted octanol–water partition coefficient (Wildman–Crippen LogP) is 1.99. The monoisotopic (exact) mass is 332 g/mol. The van der Waals surface area contributed by atoms with Crippen molar-refractivity contribution in [3.63, 3.8) is 0 Å². The van der Waals surface area contributed by atoms with Gasteiger partial charge < -0.3 is 15.0 Å². The van der Waals surface area contributed by atoms with E-state index in [1.165, 1.54) is 18.4 Å². The van der Waals surface area contributed by atoms with E-state index in [0.29, 0.717) is 11.7 Å². The Morgan fingerprint density at radius 3 is 3.22 bits per heavy atom. The second-order valence-corrected chi connectivity index (χ2v) is 7.20. The summed E-state index contributed by atoms with van der Waals surface area (Å²) in [5, 5.41) is 6.42. The van der Waals surface area contributed by atoms with Crippen LogP contribution < -0.4 is 10.6 Å². The lowest BCUT2D eigenvalue weighted by atomic mass is 10.00. The third kappa shape index (κ3) is 4.72. The van der Waals surface area contributed by atoms with E-state index in [9.17, 15) is 4.79 Å². The van der Waals surface area contributed by atoms with E-state index >= 15 is 0 Å². The molecule has 5 nitrogen and oxygen atoms in total. The van der Waals surface area contributed by atoms with Gasteiger partial charge in [0.05, 0.1) is 11.4 Å². The van der Waals surface area contributed by atoms with Crippen molar-refractivity contribution in [2.45, 2.75) is 25.5 Å². The Balaban J connectivity index is 1.40. The van der Waals surface area contributed by atoms with E-state index in [1.807, 2.05) is 16.7 Å². The van der Waals surface area contributed by atoms with Crippen LogP contribution in [0.2, 0.25) is 0 Å². The molecule has 6 heteroatoms. The lowest BCUT2D eigenvalue weighted by Gasteiger charge is -2.22. The van der Waals surface area contributed by atoms with Gasteiger partial charge in [-0.05, 0) is 50.4 Å². The average molecular weight is 332 g/mol. The molecule has 0 aliphatic carbocycles. The van der Waals surface area contributed by atoms with Crippen molar-refractivity contribution in [3.05, 3.63) is 35.8 Å². The lowest BCUT2D eigenvalue weighted by Crippen LogP contribution is -2.38. The number of hydrogen-bond donors (Lipinski definition) is 2. The number of fused-ring (bicyclic) bond motifs is 1. The Morgan fingerprint density at radius 2 is 2.39 bits per heavy atom. The smallest absolute Gasteiger partial charge is 0.230 e. The van der Waals surface area contributed by atoms with Gasteiger partial charge in [0.25, 0.3) is 0 Å². The van der Waals surface area contributed by atoms with Crippen LogP contribution in [0.4, 0.5) is 0 Å². The average Bonchev–Trinajstić information content (AvgIpc) is 2.95. The van der Waals surface area contributed by atoms with Crippen molar-refractivity contribution >= 4 is 23.3 Å². The third-order valence-corrected chi connectivity index (χ3v) is 5.08. The number of hydrogen-bond acceptors (Lipinski definition) is 4. The van der Waals surface area contributed by atoms with E-state index in [2.05, 4.69) is 34.8 Å². The highest BCUT2D eigenvalue weighted by atomic mass is 32.2. The summed E-state index contributed by atoms with van der Waals surface area (Å²) in [5.74, 6) is 1.96. The molecule has 3 rings (SSSR count). The largest absolute Gasteiger partial charge is 0.355 e. The first-order valence-corrected chi connectivity index (χ1v) is 9.35. The molecule has 23 heavy (non-hydrogen) atoms. The number of amides is 1.